The van der Waals surface area contributed by atoms with Gasteiger partial charge in [-0.2, -0.15) is 0 Å². The van der Waals surface area contributed by atoms with E-state index < -0.39 is 0 Å². The normalized spacial score (nSPS) is 34.8. The molecule has 2 fully saturated rings. The second-order valence-electron chi connectivity index (χ2n) is 4.83. The second kappa shape index (κ2) is 5.80. The number of carbonyl (C=O) groups is 1. The van der Waals surface area contributed by atoms with Crippen molar-refractivity contribution in [2.24, 2.45) is 0 Å². The first kappa shape index (κ1) is 12.8. The molecule has 0 spiro atoms. The van der Waals surface area contributed by atoms with Crippen molar-refractivity contribution < 1.29 is 19.4 Å². The molecular weight excluding hydrogens is 222 g/mol. The Labute approximate surface area is 102 Å². The lowest BCUT2D eigenvalue weighted by Gasteiger charge is -2.37. The van der Waals surface area contributed by atoms with Crippen LogP contribution in [-0.4, -0.2) is 61.0 Å². The number of aliphatic hydroxyl groups excluding tert-OH is 1. The molecule has 3 unspecified atom stereocenters. The van der Waals surface area contributed by atoms with Crippen molar-refractivity contribution in [2.75, 3.05) is 26.8 Å². The van der Waals surface area contributed by atoms with Crippen LogP contribution in [0.3, 0.4) is 0 Å². The summed E-state index contributed by atoms with van der Waals surface area (Å²) in [7, 11) is 1.39. The van der Waals surface area contributed by atoms with Crippen LogP contribution in [-0.2, 0) is 14.3 Å². The highest BCUT2D eigenvalue weighted by molar-refractivity contribution is 5.69. The summed E-state index contributed by atoms with van der Waals surface area (Å²) >= 11 is 0. The average molecular weight is 243 g/mol. The molecule has 0 radical (unpaired) electrons. The van der Waals surface area contributed by atoms with E-state index in [0.717, 1.165) is 32.4 Å². The molecule has 0 aromatic carbocycles. The molecule has 1 heterocycles. The van der Waals surface area contributed by atoms with Gasteiger partial charge in [-0.15, -0.1) is 0 Å². The van der Waals surface area contributed by atoms with Gasteiger partial charge in [0.05, 0.1) is 32.3 Å². The third kappa shape index (κ3) is 3.18. The van der Waals surface area contributed by atoms with Gasteiger partial charge in [0.2, 0.25) is 0 Å². The molecule has 1 saturated carbocycles. The highest BCUT2D eigenvalue weighted by Gasteiger charge is 2.34. The Morgan fingerprint density at radius 3 is 3.00 bits per heavy atom. The maximum Gasteiger partial charge on any atom is 0.308 e. The number of ether oxygens (including phenoxy) is 2. The van der Waals surface area contributed by atoms with Gasteiger partial charge in [0.1, 0.15) is 0 Å². The number of aliphatic hydroxyl groups is 1. The molecule has 2 rings (SSSR count). The molecule has 5 nitrogen and oxygen atoms in total. The van der Waals surface area contributed by atoms with E-state index in [-0.39, 0.29) is 24.2 Å². The molecule has 98 valence electrons. The van der Waals surface area contributed by atoms with Gasteiger partial charge >= 0.3 is 5.97 Å². The molecule has 0 aromatic rings. The van der Waals surface area contributed by atoms with Gasteiger partial charge < -0.3 is 14.6 Å². The van der Waals surface area contributed by atoms with Crippen molar-refractivity contribution >= 4 is 5.97 Å². The van der Waals surface area contributed by atoms with Crippen LogP contribution >= 0.6 is 0 Å². The zero-order valence-corrected chi connectivity index (χ0v) is 10.3. The molecule has 3 atom stereocenters. The fourth-order valence-electron chi connectivity index (χ4n) is 2.78. The Kier molecular flexibility index (Phi) is 4.36. The number of rotatable bonds is 3. The summed E-state index contributed by atoms with van der Waals surface area (Å²) in [5.74, 6) is -0.233. The molecule has 1 saturated heterocycles. The van der Waals surface area contributed by atoms with Crippen molar-refractivity contribution in [1.29, 1.82) is 0 Å². The largest absolute Gasteiger partial charge is 0.469 e. The minimum absolute atomic E-state index is 0.0935. The van der Waals surface area contributed by atoms with Gasteiger partial charge in [-0.05, 0) is 19.3 Å². The third-order valence-corrected chi connectivity index (χ3v) is 3.71. The molecule has 1 aliphatic heterocycles. The van der Waals surface area contributed by atoms with Crippen LogP contribution in [0.15, 0.2) is 0 Å². The van der Waals surface area contributed by atoms with Crippen molar-refractivity contribution in [3.63, 3.8) is 0 Å². The summed E-state index contributed by atoms with van der Waals surface area (Å²) in [6.45, 7) is 2.20. The van der Waals surface area contributed by atoms with Crippen molar-refractivity contribution in [1.82, 2.24) is 4.90 Å². The van der Waals surface area contributed by atoms with Gasteiger partial charge in [0, 0.05) is 19.1 Å². The number of methoxy groups -OCH3 is 1. The smallest absolute Gasteiger partial charge is 0.308 e. The van der Waals surface area contributed by atoms with E-state index in [1.165, 1.54) is 7.11 Å². The zero-order chi connectivity index (χ0) is 12.3. The zero-order valence-electron chi connectivity index (χ0n) is 10.3. The second-order valence-corrected chi connectivity index (χ2v) is 4.83. The first-order valence-corrected chi connectivity index (χ1v) is 6.31. The van der Waals surface area contributed by atoms with Gasteiger partial charge in [-0.1, -0.05) is 0 Å². The molecule has 0 amide bonds. The predicted octanol–water partition coefficient (Wildman–Crippen LogP) is 0.164. The average Bonchev–Trinajstić information content (AvgIpc) is 2.75. The topological polar surface area (TPSA) is 59.0 Å². The molecule has 0 bridgehead atoms. The number of nitrogens with zero attached hydrogens (tertiary/aromatic N) is 1. The summed E-state index contributed by atoms with van der Waals surface area (Å²) in [5, 5.41) is 9.88. The summed E-state index contributed by atoms with van der Waals surface area (Å²) < 4.78 is 10.2. The SMILES string of the molecule is COC(=O)CC1CN(C2CCCC2O)CCO1. The van der Waals surface area contributed by atoms with E-state index >= 15 is 0 Å². The van der Waals surface area contributed by atoms with Crippen LogP contribution in [0, 0.1) is 0 Å². The van der Waals surface area contributed by atoms with Crippen LogP contribution in [0.4, 0.5) is 0 Å². The van der Waals surface area contributed by atoms with Crippen LogP contribution in [0.5, 0.6) is 0 Å². The molecule has 2 aliphatic rings. The number of hydrogen-bond donors (Lipinski definition) is 1. The Morgan fingerprint density at radius 2 is 2.35 bits per heavy atom. The molecule has 1 N–H and O–H groups in total. The number of carbonyl (C=O) groups excluding carboxylic acids is 1. The highest BCUT2D eigenvalue weighted by Crippen LogP contribution is 2.26. The molecule has 0 aromatic heterocycles. The van der Waals surface area contributed by atoms with E-state index in [1.54, 1.807) is 0 Å². The lowest BCUT2D eigenvalue weighted by atomic mass is 10.1. The maximum absolute atomic E-state index is 11.2. The summed E-state index contributed by atoms with van der Waals surface area (Å²) in [6.07, 6.45) is 3.02. The van der Waals surface area contributed by atoms with Crippen molar-refractivity contribution in [2.45, 2.75) is 43.9 Å². The number of morpholine rings is 1. The van der Waals surface area contributed by atoms with Crippen LogP contribution in [0.1, 0.15) is 25.7 Å². The van der Waals surface area contributed by atoms with Crippen molar-refractivity contribution in [3.05, 3.63) is 0 Å². The molecule has 5 heteroatoms. The molecule has 17 heavy (non-hydrogen) atoms. The van der Waals surface area contributed by atoms with Gasteiger partial charge in [-0.3, -0.25) is 9.69 Å². The maximum atomic E-state index is 11.2. The Hall–Kier alpha value is -0.650. The fourth-order valence-corrected chi connectivity index (χ4v) is 2.78. The van der Waals surface area contributed by atoms with E-state index in [2.05, 4.69) is 9.64 Å². The number of hydrogen-bond acceptors (Lipinski definition) is 5. The Morgan fingerprint density at radius 1 is 1.53 bits per heavy atom. The van der Waals surface area contributed by atoms with Crippen LogP contribution in [0.2, 0.25) is 0 Å². The van der Waals surface area contributed by atoms with E-state index in [9.17, 15) is 9.90 Å². The fraction of sp³-hybridized carbons (Fsp3) is 0.917. The standard InChI is InChI=1S/C12H21NO4/c1-16-12(15)7-9-8-13(5-6-17-9)10-3-2-4-11(10)14/h9-11,14H,2-8H2,1H3. The first-order chi connectivity index (χ1) is 8.20. The van der Waals surface area contributed by atoms with Crippen LogP contribution in [0.25, 0.3) is 0 Å². The minimum atomic E-state index is -0.233. The number of esters is 1. The van der Waals surface area contributed by atoms with Gasteiger partial charge in [0.15, 0.2) is 0 Å². The highest BCUT2D eigenvalue weighted by atomic mass is 16.5. The lowest BCUT2D eigenvalue weighted by molar-refractivity contribution is -0.146. The summed E-state index contributed by atoms with van der Waals surface area (Å²) in [6, 6.07) is 0.249. The summed E-state index contributed by atoms with van der Waals surface area (Å²) in [5.41, 5.74) is 0. The van der Waals surface area contributed by atoms with E-state index in [1.807, 2.05) is 0 Å². The van der Waals surface area contributed by atoms with Crippen molar-refractivity contribution in [3.8, 4) is 0 Å². The minimum Gasteiger partial charge on any atom is -0.469 e. The van der Waals surface area contributed by atoms with E-state index in [0.29, 0.717) is 13.0 Å². The van der Waals surface area contributed by atoms with Gasteiger partial charge in [-0.25, -0.2) is 0 Å². The molecule has 1 aliphatic carbocycles. The molecular formula is C12H21NO4. The first-order valence-electron chi connectivity index (χ1n) is 6.31. The van der Waals surface area contributed by atoms with Gasteiger partial charge in [0.25, 0.3) is 0 Å². The monoisotopic (exact) mass is 243 g/mol. The third-order valence-electron chi connectivity index (χ3n) is 3.71. The summed E-state index contributed by atoms with van der Waals surface area (Å²) in [4.78, 5) is 13.5. The quantitative estimate of drug-likeness (QED) is 0.716. The lowest BCUT2D eigenvalue weighted by Crippen LogP contribution is -2.50. The van der Waals surface area contributed by atoms with Crippen LogP contribution < -0.4 is 0 Å². The Balaban J connectivity index is 1.86. The predicted molar refractivity (Wildman–Crippen MR) is 61.6 cm³/mol. The Bertz CT molecular complexity index is 271. The van der Waals surface area contributed by atoms with E-state index in [4.69, 9.17) is 4.74 Å².